The van der Waals surface area contributed by atoms with Crippen molar-refractivity contribution in [1.29, 1.82) is 0 Å². The van der Waals surface area contributed by atoms with Crippen LogP contribution in [0.25, 0.3) is 0 Å². The molecule has 1 aromatic carbocycles. The van der Waals surface area contributed by atoms with Crippen LogP contribution in [0.15, 0.2) is 18.2 Å². The molecule has 0 atom stereocenters. The van der Waals surface area contributed by atoms with Gasteiger partial charge >= 0.3 is 12.1 Å². The van der Waals surface area contributed by atoms with Gasteiger partial charge in [0, 0.05) is 12.8 Å². The van der Waals surface area contributed by atoms with Gasteiger partial charge in [0.15, 0.2) is 5.75 Å². The molecular weight excluding hydrogens is 307 g/mol. The van der Waals surface area contributed by atoms with Crippen LogP contribution in [-0.4, -0.2) is 23.5 Å². The SMILES string of the molecule is O=COc1ccc(C(F)(F)F)cc1NC(=O)CCCC(=O)O. The lowest BCUT2D eigenvalue weighted by Crippen LogP contribution is -2.14. The highest BCUT2D eigenvalue weighted by molar-refractivity contribution is 5.92. The fourth-order valence-electron chi connectivity index (χ4n) is 1.57. The molecule has 22 heavy (non-hydrogen) atoms. The van der Waals surface area contributed by atoms with Crippen molar-refractivity contribution in [2.24, 2.45) is 0 Å². The Morgan fingerprint density at radius 2 is 1.95 bits per heavy atom. The summed E-state index contributed by atoms with van der Waals surface area (Å²) >= 11 is 0. The smallest absolute Gasteiger partial charge is 0.416 e. The Labute approximate surface area is 122 Å². The summed E-state index contributed by atoms with van der Waals surface area (Å²) in [5.41, 5.74) is -1.34. The molecule has 120 valence electrons. The highest BCUT2D eigenvalue weighted by Gasteiger charge is 2.31. The van der Waals surface area contributed by atoms with Crippen LogP contribution in [0.1, 0.15) is 24.8 Å². The molecule has 0 spiro atoms. The first-order valence-corrected chi connectivity index (χ1v) is 6.07. The zero-order valence-corrected chi connectivity index (χ0v) is 11.1. The molecule has 0 aliphatic rings. The molecule has 0 saturated carbocycles. The molecule has 9 heteroatoms. The Bertz CT molecular complexity index is 571. The number of benzene rings is 1. The second kappa shape index (κ2) is 7.43. The molecule has 0 saturated heterocycles. The zero-order valence-electron chi connectivity index (χ0n) is 11.1. The van der Waals surface area contributed by atoms with Gasteiger partial charge in [-0.15, -0.1) is 0 Å². The second-order valence-electron chi connectivity index (χ2n) is 4.22. The molecule has 0 bridgehead atoms. The number of halogens is 3. The van der Waals surface area contributed by atoms with E-state index in [1.165, 1.54) is 0 Å². The lowest BCUT2D eigenvalue weighted by molar-refractivity contribution is -0.138. The average Bonchev–Trinajstić information content (AvgIpc) is 2.39. The van der Waals surface area contributed by atoms with Crippen molar-refractivity contribution < 1.29 is 37.4 Å². The lowest BCUT2D eigenvalue weighted by atomic mass is 10.1. The topological polar surface area (TPSA) is 92.7 Å². The number of rotatable bonds is 7. The molecule has 0 radical (unpaired) electrons. The first-order valence-electron chi connectivity index (χ1n) is 6.07. The Hall–Kier alpha value is -2.58. The minimum atomic E-state index is -4.62. The van der Waals surface area contributed by atoms with Crippen LogP contribution in [0, 0.1) is 0 Å². The van der Waals surface area contributed by atoms with Gasteiger partial charge in [-0.1, -0.05) is 0 Å². The van der Waals surface area contributed by atoms with Gasteiger partial charge in [-0.05, 0) is 24.6 Å². The van der Waals surface area contributed by atoms with Gasteiger partial charge in [0.25, 0.3) is 6.47 Å². The predicted octanol–water partition coefficient (Wildman–Crippen LogP) is 2.43. The summed E-state index contributed by atoms with van der Waals surface area (Å²) in [7, 11) is 0. The summed E-state index contributed by atoms with van der Waals surface area (Å²) in [5.74, 6) is -2.01. The summed E-state index contributed by atoms with van der Waals surface area (Å²) < 4.78 is 42.4. The van der Waals surface area contributed by atoms with Crippen molar-refractivity contribution in [3.05, 3.63) is 23.8 Å². The number of nitrogens with one attached hydrogen (secondary N) is 1. The molecular formula is C13H12F3NO5. The number of carbonyl (C=O) groups is 3. The van der Waals surface area contributed by atoms with Crippen molar-refractivity contribution in [3.63, 3.8) is 0 Å². The maximum absolute atomic E-state index is 12.6. The molecule has 0 aliphatic heterocycles. The van der Waals surface area contributed by atoms with Crippen LogP contribution >= 0.6 is 0 Å². The summed E-state index contributed by atoms with van der Waals surface area (Å²) in [5, 5.41) is 10.6. The molecule has 0 fully saturated rings. The maximum Gasteiger partial charge on any atom is 0.416 e. The number of carboxylic acids is 1. The van der Waals surface area contributed by atoms with E-state index in [2.05, 4.69) is 10.1 Å². The van der Waals surface area contributed by atoms with Crippen molar-refractivity contribution >= 4 is 24.0 Å². The van der Waals surface area contributed by atoms with Gasteiger partial charge in [-0.3, -0.25) is 14.4 Å². The Morgan fingerprint density at radius 1 is 1.27 bits per heavy atom. The van der Waals surface area contributed by atoms with E-state index in [0.717, 1.165) is 6.07 Å². The van der Waals surface area contributed by atoms with Crippen LogP contribution in [0.4, 0.5) is 18.9 Å². The number of aliphatic carboxylic acids is 1. The van der Waals surface area contributed by atoms with Gasteiger partial charge in [0.1, 0.15) is 0 Å². The Kier molecular flexibility index (Phi) is 5.90. The second-order valence-corrected chi connectivity index (χ2v) is 4.22. The predicted molar refractivity (Wildman–Crippen MR) is 68.3 cm³/mol. The van der Waals surface area contributed by atoms with Gasteiger partial charge in [0.05, 0.1) is 11.3 Å². The molecule has 6 nitrogen and oxygen atoms in total. The molecule has 0 aliphatic carbocycles. The van der Waals surface area contributed by atoms with Crippen LogP contribution in [0.2, 0.25) is 0 Å². The van der Waals surface area contributed by atoms with E-state index in [4.69, 9.17) is 5.11 Å². The third-order valence-corrected chi connectivity index (χ3v) is 2.55. The molecule has 2 N–H and O–H groups in total. The minimum absolute atomic E-state index is 0.0165. The molecule has 1 rings (SSSR count). The van der Waals surface area contributed by atoms with Gasteiger partial charge in [0.2, 0.25) is 5.91 Å². The standard InChI is InChI=1S/C13H12F3NO5/c14-13(15,16)8-4-5-10(22-7-18)9(6-8)17-11(19)2-1-3-12(20)21/h4-7H,1-3H2,(H,17,19)(H,20,21). The first kappa shape index (κ1) is 17.5. The average molecular weight is 319 g/mol. The van der Waals surface area contributed by atoms with E-state index in [1.807, 2.05) is 0 Å². The van der Waals surface area contributed by atoms with Crippen molar-refractivity contribution in [1.82, 2.24) is 0 Å². The largest absolute Gasteiger partial charge is 0.481 e. The van der Waals surface area contributed by atoms with E-state index in [1.54, 1.807) is 0 Å². The number of amides is 1. The van der Waals surface area contributed by atoms with Crippen molar-refractivity contribution in [2.45, 2.75) is 25.4 Å². The molecule has 1 aromatic rings. The Morgan fingerprint density at radius 3 is 2.50 bits per heavy atom. The minimum Gasteiger partial charge on any atom is -0.481 e. The monoisotopic (exact) mass is 319 g/mol. The van der Waals surface area contributed by atoms with E-state index in [0.29, 0.717) is 12.1 Å². The normalized spacial score (nSPS) is 10.9. The number of carboxylic acid groups (broad SMARTS) is 1. The lowest BCUT2D eigenvalue weighted by Gasteiger charge is -2.13. The Balaban J connectivity index is 2.87. The summed E-state index contributed by atoms with van der Waals surface area (Å²) in [6.45, 7) is 0.0165. The van der Waals surface area contributed by atoms with Crippen LogP contribution < -0.4 is 10.1 Å². The van der Waals surface area contributed by atoms with E-state index in [9.17, 15) is 27.6 Å². The van der Waals surface area contributed by atoms with Gasteiger partial charge < -0.3 is 15.2 Å². The highest BCUT2D eigenvalue weighted by Crippen LogP contribution is 2.35. The van der Waals surface area contributed by atoms with Crippen LogP contribution in [0.3, 0.4) is 0 Å². The number of anilines is 1. The number of hydrogen-bond donors (Lipinski definition) is 2. The maximum atomic E-state index is 12.6. The van der Waals surface area contributed by atoms with E-state index in [-0.39, 0.29) is 37.2 Å². The molecule has 1 amide bonds. The fraction of sp³-hybridized carbons (Fsp3) is 0.308. The summed E-state index contributed by atoms with van der Waals surface area (Å²) in [6, 6.07) is 2.25. The molecule has 0 unspecified atom stereocenters. The number of alkyl halides is 3. The number of ether oxygens (including phenoxy) is 1. The third-order valence-electron chi connectivity index (χ3n) is 2.55. The molecule has 0 aromatic heterocycles. The molecule has 0 heterocycles. The quantitative estimate of drug-likeness (QED) is 0.753. The van der Waals surface area contributed by atoms with Crippen LogP contribution in [-0.2, 0) is 20.6 Å². The van der Waals surface area contributed by atoms with Crippen molar-refractivity contribution in [3.8, 4) is 5.75 Å². The highest BCUT2D eigenvalue weighted by atomic mass is 19.4. The van der Waals surface area contributed by atoms with Gasteiger partial charge in [-0.25, -0.2) is 0 Å². The third kappa shape index (κ3) is 5.43. The number of carbonyl (C=O) groups excluding carboxylic acids is 2. The summed E-state index contributed by atoms with van der Waals surface area (Å²) in [4.78, 5) is 32.2. The van der Waals surface area contributed by atoms with Gasteiger partial charge in [-0.2, -0.15) is 13.2 Å². The van der Waals surface area contributed by atoms with E-state index >= 15 is 0 Å². The number of hydrogen-bond acceptors (Lipinski definition) is 4. The first-order chi connectivity index (χ1) is 10.2. The van der Waals surface area contributed by atoms with Crippen molar-refractivity contribution in [2.75, 3.05) is 5.32 Å². The fourth-order valence-corrected chi connectivity index (χ4v) is 1.57. The van der Waals surface area contributed by atoms with Crippen LogP contribution in [0.5, 0.6) is 5.75 Å². The van der Waals surface area contributed by atoms with E-state index < -0.39 is 23.6 Å². The summed E-state index contributed by atoms with van der Waals surface area (Å²) in [6.07, 6.45) is -5.02. The zero-order chi connectivity index (χ0) is 16.8.